The van der Waals surface area contributed by atoms with Crippen molar-refractivity contribution in [3.05, 3.63) is 136 Å². The Kier molecular flexibility index (Phi) is 10.4. The van der Waals surface area contributed by atoms with Gasteiger partial charge in [0.1, 0.15) is 0 Å². The monoisotopic (exact) mass is 621 g/mol. The topological polar surface area (TPSA) is 149 Å². The molecule has 0 aliphatic rings. The summed E-state index contributed by atoms with van der Waals surface area (Å²) in [4.78, 5) is 17.9. The Hall–Kier alpha value is -4.13. The van der Waals surface area contributed by atoms with Crippen molar-refractivity contribution >= 4 is 37.7 Å². The maximum atomic E-state index is 12.8. The number of thioether (sulfide) groups is 1. The van der Waals surface area contributed by atoms with Crippen LogP contribution in [0.5, 0.6) is 0 Å². The third-order valence-electron chi connectivity index (χ3n) is 6.09. The number of rotatable bonds is 13. The van der Waals surface area contributed by atoms with Crippen LogP contribution < -0.4 is 4.72 Å². The van der Waals surface area contributed by atoms with Gasteiger partial charge in [0.05, 0.1) is 9.79 Å². The minimum absolute atomic E-state index is 0.0291. The normalized spacial score (nSPS) is 11.5. The third-order valence-corrected chi connectivity index (χ3v) is 9.59. The quantitative estimate of drug-likeness (QED) is 0.0884. The molecule has 42 heavy (non-hydrogen) atoms. The Labute approximate surface area is 249 Å². The highest BCUT2D eigenvalue weighted by atomic mass is 32.2. The molecule has 0 aromatic heterocycles. The number of azide groups is 1. The molecule has 0 spiro atoms. The Morgan fingerprint density at radius 3 is 1.83 bits per heavy atom. The van der Waals surface area contributed by atoms with Gasteiger partial charge in [0.15, 0.2) is 0 Å². The van der Waals surface area contributed by atoms with Crippen molar-refractivity contribution in [1.82, 2.24) is 9.62 Å². The summed E-state index contributed by atoms with van der Waals surface area (Å²) >= 11 is 1.70. The van der Waals surface area contributed by atoms with Crippen molar-refractivity contribution in [1.29, 1.82) is 0 Å². The van der Waals surface area contributed by atoms with Gasteiger partial charge >= 0.3 is 0 Å². The number of sulfonamides is 2. The van der Waals surface area contributed by atoms with Gasteiger partial charge in [0.2, 0.25) is 0 Å². The van der Waals surface area contributed by atoms with Crippen LogP contribution in [0.15, 0.2) is 128 Å². The van der Waals surface area contributed by atoms with Gasteiger partial charge < -0.3 is 0 Å². The third kappa shape index (κ3) is 8.68. The highest BCUT2D eigenvalue weighted by molar-refractivity contribution is 7.99. The van der Waals surface area contributed by atoms with Crippen molar-refractivity contribution in [2.75, 3.05) is 12.3 Å². The first-order chi connectivity index (χ1) is 20.2. The van der Waals surface area contributed by atoms with E-state index in [1.807, 2.05) is 30.3 Å². The van der Waals surface area contributed by atoms with Gasteiger partial charge in [0, 0.05) is 45.3 Å². The predicted octanol–water partition coefficient (Wildman–Crippen LogP) is 5.60. The molecule has 4 aromatic rings. The van der Waals surface area contributed by atoms with Crippen molar-refractivity contribution in [3.8, 4) is 0 Å². The lowest BCUT2D eigenvalue weighted by Gasteiger charge is -2.23. The van der Waals surface area contributed by atoms with Gasteiger partial charge in [-0.1, -0.05) is 60.7 Å². The number of nitrogens with zero attached hydrogens (tertiary/aromatic N) is 4. The first-order valence-corrected chi connectivity index (χ1v) is 16.6. The molecule has 1 N–H and O–H groups in total. The van der Waals surface area contributed by atoms with Crippen LogP contribution in [0.1, 0.15) is 21.5 Å². The average molecular weight is 622 g/mol. The highest BCUT2D eigenvalue weighted by Crippen LogP contribution is 2.20. The molecule has 0 unspecified atom stereocenters. The molecule has 0 aliphatic heterocycles. The number of benzene rings is 4. The summed E-state index contributed by atoms with van der Waals surface area (Å²) in [5, 5.41) is 0. The zero-order chi connectivity index (χ0) is 30.0. The molecule has 0 aliphatic carbocycles. The number of nitrogens with one attached hydrogen (secondary N) is 1. The molecule has 4 rings (SSSR count). The van der Waals surface area contributed by atoms with Gasteiger partial charge in [-0.05, 0) is 65.2 Å². The Morgan fingerprint density at radius 1 is 0.762 bits per heavy atom. The van der Waals surface area contributed by atoms with Crippen LogP contribution in [-0.4, -0.2) is 39.9 Å². The molecule has 216 valence electrons. The second-order valence-corrected chi connectivity index (χ2v) is 13.5. The van der Waals surface area contributed by atoms with Gasteiger partial charge in [0.25, 0.3) is 26.0 Å². The molecular weight excluding hydrogens is 595 g/mol. The average Bonchev–Trinajstić information content (AvgIpc) is 2.98. The van der Waals surface area contributed by atoms with Crippen LogP contribution in [0.3, 0.4) is 0 Å². The summed E-state index contributed by atoms with van der Waals surface area (Å²) in [6.07, 6.45) is 0. The summed E-state index contributed by atoms with van der Waals surface area (Å²) in [5.74, 6) is 0.0748. The van der Waals surface area contributed by atoms with E-state index < -0.39 is 26.0 Å². The maximum absolute atomic E-state index is 12.8. The second kappa shape index (κ2) is 14.2. The van der Waals surface area contributed by atoms with Crippen LogP contribution in [-0.2, 0) is 33.1 Å². The van der Waals surface area contributed by atoms with E-state index in [0.29, 0.717) is 19.6 Å². The number of hydrogen-bond acceptors (Lipinski definition) is 7. The summed E-state index contributed by atoms with van der Waals surface area (Å²) in [5.41, 5.74) is 10.5. The highest BCUT2D eigenvalue weighted by Gasteiger charge is 2.19. The van der Waals surface area contributed by atoms with Gasteiger partial charge in [-0.15, -0.1) is 11.8 Å². The fourth-order valence-electron chi connectivity index (χ4n) is 4.01. The molecule has 0 fully saturated rings. The van der Waals surface area contributed by atoms with E-state index in [-0.39, 0.29) is 15.4 Å². The first-order valence-electron chi connectivity index (χ1n) is 12.7. The number of carbonyl (C=O) groups is 1. The smallest absolute Gasteiger partial charge is 0.264 e. The van der Waals surface area contributed by atoms with Crippen LogP contribution in [0, 0.1) is 0 Å². The lowest BCUT2D eigenvalue weighted by Crippen LogP contribution is -2.30. The van der Waals surface area contributed by atoms with Crippen molar-refractivity contribution in [2.24, 2.45) is 4.52 Å². The van der Waals surface area contributed by atoms with Gasteiger partial charge in [-0.3, -0.25) is 9.69 Å². The maximum Gasteiger partial charge on any atom is 0.264 e. The lowest BCUT2D eigenvalue weighted by molar-refractivity contribution is 0.0981. The summed E-state index contributed by atoms with van der Waals surface area (Å²) in [6.45, 7) is 1.67. The number of carbonyl (C=O) groups excluding carboxylic acids is 1. The number of amides is 1. The standard InChI is InChI=1S/C29H27N5O5S3/c30-32-33-42(38,39)28-17-13-24(14-18-28)22-34(19-20-40-26-9-5-2-6-10-26)21-23-11-15-27(16-12-23)41(36,37)31-29(35)25-7-3-1-4-8-25/h1-18H,19-22H2,(H,31,35). The minimum Gasteiger partial charge on any atom is -0.294 e. The van der Waals surface area contributed by atoms with Crippen LogP contribution in [0.25, 0.3) is 10.4 Å². The Balaban J connectivity index is 1.47. The van der Waals surface area contributed by atoms with Crippen molar-refractivity contribution in [2.45, 2.75) is 27.8 Å². The predicted molar refractivity (Wildman–Crippen MR) is 162 cm³/mol. The van der Waals surface area contributed by atoms with Crippen molar-refractivity contribution < 1.29 is 21.6 Å². The second-order valence-electron chi connectivity index (χ2n) is 9.11. The molecule has 0 bridgehead atoms. The van der Waals surface area contributed by atoms with E-state index in [1.165, 1.54) is 36.4 Å². The fourth-order valence-corrected chi connectivity index (χ4v) is 6.58. The molecule has 0 saturated carbocycles. The molecule has 0 heterocycles. The summed E-state index contributed by atoms with van der Waals surface area (Å²) in [6, 6.07) is 30.6. The molecule has 0 saturated heterocycles. The molecular formula is C29H27N5O5S3. The Morgan fingerprint density at radius 2 is 1.29 bits per heavy atom. The summed E-state index contributed by atoms with van der Waals surface area (Å²) < 4.78 is 54.6. The Bertz CT molecular complexity index is 1760. The van der Waals surface area contributed by atoms with E-state index in [0.717, 1.165) is 21.8 Å². The van der Waals surface area contributed by atoms with Crippen LogP contribution in [0.4, 0.5) is 0 Å². The number of hydrogen-bond donors (Lipinski definition) is 1. The zero-order valence-corrected chi connectivity index (χ0v) is 24.7. The zero-order valence-electron chi connectivity index (χ0n) is 22.3. The SMILES string of the molecule is [N-]=[N+]=NS(=O)(=O)c1ccc(CN(CCSc2ccccc2)Cc2ccc(S(=O)(=O)NC(=O)c3ccccc3)cc2)cc1. The molecule has 13 heteroatoms. The summed E-state index contributed by atoms with van der Waals surface area (Å²) in [7, 11) is -8.13. The van der Waals surface area contributed by atoms with E-state index in [4.69, 9.17) is 5.53 Å². The van der Waals surface area contributed by atoms with E-state index in [1.54, 1.807) is 54.2 Å². The van der Waals surface area contributed by atoms with Crippen LogP contribution >= 0.6 is 11.8 Å². The first kappa shape index (κ1) is 30.8. The van der Waals surface area contributed by atoms with Gasteiger partial charge in [-0.25, -0.2) is 21.6 Å². The molecule has 0 radical (unpaired) electrons. The lowest BCUT2D eigenvalue weighted by atomic mass is 10.1. The minimum atomic E-state index is -4.07. The van der Waals surface area contributed by atoms with E-state index in [9.17, 15) is 21.6 Å². The van der Waals surface area contributed by atoms with Crippen LogP contribution in [0.2, 0.25) is 0 Å². The van der Waals surface area contributed by atoms with E-state index in [2.05, 4.69) is 19.1 Å². The fraction of sp³-hybridized carbons (Fsp3) is 0.138. The van der Waals surface area contributed by atoms with Gasteiger partial charge in [-0.2, -0.15) is 0 Å². The molecule has 10 nitrogen and oxygen atoms in total. The van der Waals surface area contributed by atoms with Crippen molar-refractivity contribution in [3.63, 3.8) is 0 Å². The molecule has 0 atom stereocenters. The molecule has 4 aromatic carbocycles. The van der Waals surface area contributed by atoms with E-state index >= 15 is 0 Å². The molecule has 1 amide bonds. The largest absolute Gasteiger partial charge is 0.294 e.